The summed E-state index contributed by atoms with van der Waals surface area (Å²) in [5.41, 5.74) is -5.07. The Hall–Kier alpha value is -3.21. The Kier molecular flexibility index (Phi) is 2.95. The van der Waals surface area contributed by atoms with Crippen molar-refractivity contribution in [1.29, 1.82) is 0 Å². The molecular weight excluding hydrogens is 488 g/mol. The number of hydrogen-bond donors (Lipinski definition) is 3. The highest BCUT2D eigenvalue weighted by Crippen LogP contribution is 2.24. The second kappa shape index (κ2) is 11.5. The highest BCUT2D eigenvalue weighted by Gasteiger charge is 2.22. The summed E-state index contributed by atoms with van der Waals surface area (Å²) in [5.74, 6) is -1.59. The molecule has 3 aromatic rings. The summed E-state index contributed by atoms with van der Waals surface area (Å²) in [6.45, 7) is -30.0. The SMILES string of the molecule is [2H]c1nc(Nc2ccc(OC([2H])([2H])C([2H])([2H])N3C([2H])([2H])C([2H])([2H])C([2H])([2H])C3([2H])[2H])cc2)nc(Nc2cccc(S(=O)(=O)NC(C([2H])([2H])[2H])(C([2H])([2H])[2H])C([2H])([2H])[2H])c2)c1C([2H])([2H])[2H]. The molecule has 0 unspecified atom stereocenters. The van der Waals surface area contributed by atoms with Crippen molar-refractivity contribution >= 4 is 33.2 Å². The number of sulfonamides is 1. The van der Waals surface area contributed by atoms with Gasteiger partial charge >= 0.3 is 0 Å². The maximum atomic E-state index is 13.5. The fourth-order valence-electron chi connectivity index (χ4n) is 2.75. The Bertz CT molecular complexity index is 2210. The van der Waals surface area contributed by atoms with E-state index in [0.29, 0.717) is 0 Å². The van der Waals surface area contributed by atoms with Gasteiger partial charge in [0.15, 0.2) is 0 Å². The molecule has 37 heavy (non-hydrogen) atoms. The molecule has 1 saturated heterocycles. The maximum absolute atomic E-state index is 13.5. The lowest BCUT2D eigenvalue weighted by molar-refractivity contribution is 0.238. The van der Waals surface area contributed by atoms with E-state index >= 15 is 0 Å². The van der Waals surface area contributed by atoms with Gasteiger partial charge in [0.1, 0.15) is 18.1 Å². The van der Waals surface area contributed by atoms with Gasteiger partial charge in [0.05, 0.1) is 9.01 Å². The van der Waals surface area contributed by atoms with Gasteiger partial charge in [0, 0.05) is 65.3 Å². The molecule has 0 bridgehead atoms. The second-order valence-electron chi connectivity index (χ2n) is 7.17. The summed E-state index contributed by atoms with van der Waals surface area (Å²) in [6.07, 6.45) is -8.25. The fourth-order valence-corrected chi connectivity index (χ4v) is 3.81. The molecule has 2 heterocycles. The van der Waals surface area contributed by atoms with E-state index in [1.807, 2.05) is 0 Å². The van der Waals surface area contributed by atoms with Crippen molar-refractivity contribution in [3.8, 4) is 5.75 Å². The smallest absolute Gasteiger partial charge is 0.241 e. The Morgan fingerprint density at radius 3 is 2.65 bits per heavy atom. The van der Waals surface area contributed by atoms with Gasteiger partial charge in [0.25, 0.3) is 0 Å². The van der Waals surface area contributed by atoms with Crippen molar-refractivity contribution < 1.29 is 47.4 Å². The van der Waals surface area contributed by atoms with E-state index < -0.39 is 121 Å². The van der Waals surface area contributed by atoms with E-state index in [1.54, 1.807) is 0 Å². The van der Waals surface area contributed by atoms with Crippen LogP contribution in [0.15, 0.2) is 59.6 Å². The predicted molar refractivity (Wildman–Crippen MR) is 147 cm³/mol. The fraction of sp³-hybridized carbons (Fsp3) is 0.407. The first-order valence-electron chi connectivity index (χ1n) is 22.6. The summed E-state index contributed by atoms with van der Waals surface area (Å²) < 4.78 is 233. The molecule has 0 saturated carbocycles. The van der Waals surface area contributed by atoms with Crippen LogP contribution in [0.4, 0.5) is 23.1 Å². The Morgan fingerprint density at radius 1 is 1.14 bits per heavy atom. The van der Waals surface area contributed by atoms with Gasteiger partial charge in [-0.25, -0.2) is 18.1 Å². The molecule has 0 aliphatic carbocycles. The predicted octanol–water partition coefficient (Wildman–Crippen LogP) is 4.82. The molecule has 3 N–H and O–H groups in total. The molecule has 1 aliphatic heterocycles. The molecule has 9 nitrogen and oxygen atoms in total. The van der Waals surface area contributed by atoms with E-state index in [-0.39, 0.29) is 11.4 Å². The van der Waals surface area contributed by atoms with Crippen molar-refractivity contribution in [3.63, 3.8) is 0 Å². The van der Waals surface area contributed by atoms with Gasteiger partial charge in [-0.3, -0.25) is 4.90 Å². The largest absolute Gasteiger partial charge is 0.492 e. The molecule has 1 fully saturated rings. The molecule has 0 radical (unpaired) electrons. The van der Waals surface area contributed by atoms with Gasteiger partial charge in [-0.1, -0.05) is 6.07 Å². The minimum atomic E-state index is -5.31. The van der Waals surface area contributed by atoms with E-state index in [4.69, 9.17) is 39.0 Å². The van der Waals surface area contributed by atoms with Gasteiger partial charge in [-0.2, -0.15) is 4.98 Å². The molecule has 0 atom stereocenters. The lowest BCUT2D eigenvalue weighted by Gasteiger charge is -2.20. The monoisotopic (exact) mass is 549 g/mol. The first kappa shape index (κ1) is 9.52. The number of benzene rings is 2. The molecule has 0 spiro atoms. The number of likely N-dealkylation sites (tertiary alicyclic amines) is 1. The van der Waals surface area contributed by atoms with Crippen LogP contribution in [0.1, 0.15) is 73.1 Å². The third-order valence-electron chi connectivity index (χ3n) is 4.26. The first-order chi connectivity index (χ1) is 27.4. The van der Waals surface area contributed by atoms with E-state index in [9.17, 15) is 8.42 Å². The summed E-state index contributed by atoms with van der Waals surface area (Å²) in [4.78, 5) is 6.47. The van der Waals surface area contributed by atoms with Crippen LogP contribution >= 0.6 is 0 Å². The third kappa shape index (κ3) is 7.88. The highest BCUT2D eigenvalue weighted by molar-refractivity contribution is 7.89. The molecule has 4 rings (SSSR count). The van der Waals surface area contributed by atoms with E-state index in [2.05, 4.69) is 20.6 Å². The standard InChI is InChI=1S/C27H36N6O3S/c1-20-19-28-26(30-21-10-12-23(13-11-21)36-17-16-33-14-5-6-15-33)31-25(20)29-22-8-7-9-24(18-22)37(34,35)32-27(2,3)4/h7-13,18-19,32H,5-6,14-17H2,1-4H3,(H2,28,29,30,31)/i1D3,2D3,3D3,4D3,5D2,6D2,14D2,15D2,16D2,17D2,19D. The number of nitrogens with zero attached hydrogens (tertiary/aromatic N) is 3. The first-order valence-corrected chi connectivity index (χ1v) is 11.6. The minimum absolute atomic E-state index is 0.0157. The molecule has 10 heteroatoms. The van der Waals surface area contributed by atoms with Crippen LogP contribution in [-0.2, 0) is 10.0 Å². The summed E-state index contributed by atoms with van der Waals surface area (Å²) in [5, 5.41) is 5.12. The van der Waals surface area contributed by atoms with Gasteiger partial charge in [-0.15, -0.1) is 0 Å². The molecule has 1 aromatic heterocycles. The van der Waals surface area contributed by atoms with Gasteiger partial charge in [-0.05, 0) is 95.6 Å². The maximum Gasteiger partial charge on any atom is 0.241 e. The van der Waals surface area contributed by atoms with Crippen molar-refractivity contribution in [2.75, 3.05) is 36.7 Å². The highest BCUT2D eigenvalue weighted by atomic mass is 32.2. The molecule has 0 amide bonds. The van der Waals surface area contributed by atoms with E-state index in [0.717, 1.165) is 48.5 Å². The second-order valence-corrected chi connectivity index (χ2v) is 8.85. The molecule has 1 aliphatic rings. The van der Waals surface area contributed by atoms with Crippen LogP contribution in [0.5, 0.6) is 5.75 Å². The van der Waals surface area contributed by atoms with Crippen LogP contribution in [0, 0.1) is 6.85 Å². The van der Waals surface area contributed by atoms with Crippen molar-refractivity contribution in [3.05, 3.63) is 60.3 Å². The average Bonchev–Trinajstić information content (AvgIpc) is 3.12. The molecular formula is C27H36N6O3S. The summed E-state index contributed by atoms with van der Waals surface area (Å²) in [6, 6.07) is 8.11. The number of aromatic nitrogens is 2. The zero-order valence-corrected chi connectivity index (χ0v) is 19.4. The number of ether oxygens (including phenoxy) is 1. The van der Waals surface area contributed by atoms with Crippen molar-refractivity contribution in [2.45, 2.75) is 50.6 Å². The van der Waals surface area contributed by atoms with Crippen molar-refractivity contribution in [2.24, 2.45) is 0 Å². The lowest BCUT2D eigenvalue weighted by atomic mass is 10.1. The molecule has 2 aromatic carbocycles. The van der Waals surface area contributed by atoms with Crippen LogP contribution in [0.3, 0.4) is 0 Å². The van der Waals surface area contributed by atoms with E-state index in [1.165, 1.54) is 4.72 Å². The number of anilines is 4. The third-order valence-corrected chi connectivity index (χ3v) is 5.71. The Labute approximate surface area is 254 Å². The quantitative estimate of drug-likeness (QED) is 0.330. The van der Waals surface area contributed by atoms with Crippen LogP contribution < -0.4 is 20.1 Å². The number of rotatable bonds is 10. The normalized spacial score (nSPS) is 32.1. The number of nitrogens with one attached hydrogen (secondary N) is 3. The van der Waals surface area contributed by atoms with Crippen LogP contribution in [-0.4, -0.2) is 54.9 Å². The topological polar surface area (TPSA) is 108 Å². The van der Waals surface area contributed by atoms with Crippen LogP contribution in [0.2, 0.25) is 0 Å². The van der Waals surface area contributed by atoms with Gasteiger partial charge < -0.3 is 15.4 Å². The molecule has 198 valence electrons. The summed E-state index contributed by atoms with van der Waals surface area (Å²) in [7, 11) is -5.31. The number of hydrogen-bond acceptors (Lipinski definition) is 8. The van der Waals surface area contributed by atoms with Crippen molar-refractivity contribution in [1.82, 2.24) is 19.6 Å². The average molecular weight is 550 g/mol. The Morgan fingerprint density at radius 2 is 1.92 bits per heavy atom. The summed E-state index contributed by atoms with van der Waals surface area (Å²) >= 11 is 0. The lowest BCUT2D eigenvalue weighted by Crippen LogP contribution is -2.40. The zero-order valence-electron chi connectivity index (χ0n) is 43.6. The van der Waals surface area contributed by atoms with Gasteiger partial charge in [0.2, 0.25) is 16.0 Å². The zero-order chi connectivity index (χ0) is 48.1. The van der Waals surface area contributed by atoms with Crippen LogP contribution in [0.25, 0.3) is 0 Å². The Balaban J connectivity index is 1.66. The minimum Gasteiger partial charge on any atom is -0.492 e.